The molecule has 3 atom stereocenters. The summed E-state index contributed by atoms with van der Waals surface area (Å²) in [5.41, 5.74) is 0. The molecule has 0 aliphatic carbocycles. The maximum Gasteiger partial charge on any atom is 0.306 e. The summed E-state index contributed by atoms with van der Waals surface area (Å²) in [5.74, 6) is -0.514. The standard InChI is InChI=1S/C53H97NO5/c1-4-7-10-13-16-19-22-24-26-27-28-30-33-36-39-42-45-51(56)50(48-55)54-52(57)47-49(44-41-38-35-32-21-18-15-12-9-6-3)59-53(58)46-43-40-37-34-31-29-25-23-20-17-14-11-8-5-2/h8,11,17-18,20-21,25,29,49-51,55-56H,4-7,9-10,12-16,19,22-24,26-28,30-48H2,1-3H3,(H,54,57)/b11-8+,20-17+,21-18-,29-25+. The van der Waals surface area contributed by atoms with Gasteiger partial charge in [-0.1, -0.05) is 204 Å². The zero-order valence-corrected chi connectivity index (χ0v) is 39.1. The first-order valence-corrected chi connectivity index (χ1v) is 25.4. The number of nitrogens with one attached hydrogen (secondary N) is 1. The molecule has 1 amide bonds. The zero-order chi connectivity index (χ0) is 43.1. The van der Waals surface area contributed by atoms with Crippen LogP contribution in [0.1, 0.15) is 252 Å². The molecule has 0 spiro atoms. The van der Waals surface area contributed by atoms with E-state index in [-0.39, 0.29) is 24.9 Å². The summed E-state index contributed by atoms with van der Waals surface area (Å²) in [4.78, 5) is 26.1. The first kappa shape index (κ1) is 56.8. The van der Waals surface area contributed by atoms with E-state index in [0.29, 0.717) is 19.3 Å². The fraction of sp³-hybridized carbons (Fsp3) is 0.811. The summed E-state index contributed by atoms with van der Waals surface area (Å²) in [6.07, 6.45) is 56.0. The Labute approximate surface area is 366 Å². The Bertz CT molecular complexity index is 1020. The van der Waals surface area contributed by atoms with Gasteiger partial charge in [-0.05, 0) is 83.5 Å². The van der Waals surface area contributed by atoms with E-state index in [2.05, 4.69) is 74.7 Å². The molecule has 3 unspecified atom stereocenters. The summed E-state index contributed by atoms with van der Waals surface area (Å²) in [5, 5.41) is 23.7. The number of hydrogen-bond acceptors (Lipinski definition) is 5. The molecule has 0 aliphatic rings. The number of aliphatic hydroxyl groups excluding tert-OH is 2. The first-order chi connectivity index (χ1) is 29.0. The molecule has 0 rings (SSSR count). The summed E-state index contributed by atoms with van der Waals surface area (Å²) >= 11 is 0. The van der Waals surface area contributed by atoms with E-state index in [0.717, 1.165) is 103 Å². The molecule has 3 N–H and O–H groups in total. The molecule has 59 heavy (non-hydrogen) atoms. The third kappa shape index (κ3) is 42.3. The molecule has 0 radical (unpaired) electrons. The Morgan fingerprint density at radius 1 is 0.508 bits per heavy atom. The van der Waals surface area contributed by atoms with Gasteiger partial charge >= 0.3 is 5.97 Å². The van der Waals surface area contributed by atoms with E-state index in [1.807, 2.05) is 0 Å². The Kier molecular flexibility index (Phi) is 45.1. The van der Waals surface area contributed by atoms with Crippen LogP contribution < -0.4 is 5.32 Å². The molecule has 344 valence electrons. The van der Waals surface area contributed by atoms with Crippen molar-refractivity contribution in [2.75, 3.05) is 6.61 Å². The van der Waals surface area contributed by atoms with Crippen molar-refractivity contribution >= 4 is 11.9 Å². The zero-order valence-electron chi connectivity index (χ0n) is 39.1. The van der Waals surface area contributed by atoms with Crippen LogP contribution in [0.15, 0.2) is 48.6 Å². The van der Waals surface area contributed by atoms with Crippen molar-refractivity contribution in [3.63, 3.8) is 0 Å². The van der Waals surface area contributed by atoms with Crippen LogP contribution in [0.5, 0.6) is 0 Å². The second-order valence-electron chi connectivity index (χ2n) is 17.2. The van der Waals surface area contributed by atoms with Crippen LogP contribution in [0.2, 0.25) is 0 Å². The third-order valence-electron chi connectivity index (χ3n) is 11.4. The topological polar surface area (TPSA) is 95.9 Å². The van der Waals surface area contributed by atoms with Crippen molar-refractivity contribution in [3.05, 3.63) is 48.6 Å². The summed E-state index contributed by atoms with van der Waals surface area (Å²) in [6, 6.07) is -0.710. The molecule has 0 aliphatic heterocycles. The van der Waals surface area contributed by atoms with Gasteiger partial charge in [0.15, 0.2) is 0 Å². The van der Waals surface area contributed by atoms with Gasteiger partial charge in [0.25, 0.3) is 0 Å². The number of esters is 1. The normalized spacial score (nSPS) is 13.6. The molecule has 0 heterocycles. The highest BCUT2D eigenvalue weighted by atomic mass is 16.5. The maximum atomic E-state index is 13.2. The number of unbranched alkanes of at least 4 members (excludes halogenated alkanes) is 25. The minimum atomic E-state index is -0.795. The van der Waals surface area contributed by atoms with E-state index in [4.69, 9.17) is 4.74 Å². The van der Waals surface area contributed by atoms with Crippen molar-refractivity contribution in [1.29, 1.82) is 0 Å². The lowest BCUT2D eigenvalue weighted by atomic mass is 10.0. The lowest BCUT2D eigenvalue weighted by Crippen LogP contribution is -2.46. The van der Waals surface area contributed by atoms with E-state index in [9.17, 15) is 19.8 Å². The van der Waals surface area contributed by atoms with E-state index in [1.54, 1.807) is 0 Å². The largest absolute Gasteiger partial charge is 0.462 e. The van der Waals surface area contributed by atoms with Gasteiger partial charge in [-0.2, -0.15) is 0 Å². The molecule has 0 aromatic rings. The first-order valence-electron chi connectivity index (χ1n) is 25.4. The van der Waals surface area contributed by atoms with Crippen LogP contribution in [-0.4, -0.2) is 46.9 Å². The van der Waals surface area contributed by atoms with Gasteiger partial charge in [0.2, 0.25) is 5.91 Å². The average Bonchev–Trinajstić information content (AvgIpc) is 3.23. The summed E-state index contributed by atoms with van der Waals surface area (Å²) in [6.45, 7) is 6.34. The van der Waals surface area contributed by atoms with Gasteiger partial charge in [0, 0.05) is 6.42 Å². The Morgan fingerprint density at radius 3 is 1.46 bits per heavy atom. The molecular formula is C53H97NO5. The monoisotopic (exact) mass is 828 g/mol. The summed E-state index contributed by atoms with van der Waals surface area (Å²) in [7, 11) is 0. The molecule has 0 bridgehead atoms. The van der Waals surface area contributed by atoms with Gasteiger partial charge in [-0.25, -0.2) is 0 Å². The summed E-state index contributed by atoms with van der Waals surface area (Å²) < 4.78 is 5.90. The fourth-order valence-corrected chi connectivity index (χ4v) is 7.56. The number of ether oxygens (including phenoxy) is 1. The number of carbonyl (C=O) groups is 2. The van der Waals surface area contributed by atoms with Crippen molar-refractivity contribution in [2.24, 2.45) is 0 Å². The van der Waals surface area contributed by atoms with Crippen LogP contribution in [0.4, 0.5) is 0 Å². The van der Waals surface area contributed by atoms with Crippen molar-refractivity contribution in [3.8, 4) is 0 Å². The number of hydrogen-bond donors (Lipinski definition) is 3. The predicted octanol–water partition coefficient (Wildman–Crippen LogP) is 15.1. The van der Waals surface area contributed by atoms with Crippen LogP contribution >= 0.6 is 0 Å². The lowest BCUT2D eigenvalue weighted by molar-refractivity contribution is -0.151. The van der Waals surface area contributed by atoms with E-state index in [1.165, 1.54) is 103 Å². The molecule has 0 aromatic carbocycles. The van der Waals surface area contributed by atoms with Crippen molar-refractivity contribution < 1.29 is 24.5 Å². The highest BCUT2D eigenvalue weighted by molar-refractivity contribution is 5.77. The minimum absolute atomic E-state index is 0.0578. The number of amides is 1. The Hall–Kier alpha value is -2.18. The molecule has 0 saturated heterocycles. The van der Waals surface area contributed by atoms with Crippen LogP contribution in [0.25, 0.3) is 0 Å². The highest BCUT2D eigenvalue weighted by Gasteiger charge is 2.24. The molecule has 0 aromatic heterocycles. The van der Waals surface area contributed by atoms with Crippen LogP contribution in [-0.2, 0) is 14.3 Å². The third-order valence-corrected chi connectivity index (χ3v) is 11.4. The minimum Gasteiger partial charge on any atom is -0.462 e. The van der Waals surface area contributed by atoms with Gasteiger partial charge in [-0.3, -0.25) is 9.59 Å². The molecule has 0 fully saturated rings. The number of rotatable bonds is 45. The quantitative estimate of drug-likeness (QED) is 0.0323. The molecule has 0 saturated carbocycles. The van der Waals surface area contributed by atoms with Crippen molar-refractivity contribution in [2.45, 2.75) is 270 Å². The van der Waals surface area contributed by atoms with Gasteiger partial charge in [-0.15, -0.1) is 0 Å². The second-order valence-corrected chi connectivity index (χ2v) is 17.2. The lowest BCUT2D eigenvalue weighted by Gasteiger charge is -2.24. The van der Waals surface area contributed by atoms with Gasteiger partial charge < -0.3 is 20.3 Å². The molecule has 6 heteroatoms. The number of allylic oxidation sites excluding steroid dienone is 8. The van der Waals surface area contributed by atoms with E-state index < -0.39 is 18.2 Å². The Morgan fingerprint density at radius 2 is 0.915 bits per heavy atom. The number of carbonyl (C=O) groups excluding carboxylic acids is 2. The van der Waals surface area contributed by atoms with Crippen LogP contribution in [0.3, 0.4) is 0 Å². The average molecular weight is 828 g/mol. The second kappa shape index (κ2) is 46.9. The highest BCUT2D eigenvalue weighted by Crippen LogP contribution is 2.17. The van der Waals surface area contributed by atoms with Gasteiger partial charge in [0.05, 0.1) is 25.2 Å². The van der Waals surface area contributed by atoms with Crippen molar-refractivity contribution in [1.82, 2.24) is 5.32 Å². The number of aliphatic hydroxyl groups is 2. The SMILES string of the molecule is CC/C=C/C/C=C/C/C=C/CCCCCCC(=O)OC(CCCCC/C=C\CCCCC)CC(=O)NC(CO)C(O)CCCCCCCCCCCCCCCCCC. The smallest absolute Gasteiger partial charge is 0.306 e. The van der Waals surface area contributed by atoms with Gasteiger partial charge in [0.1, 0.15) is 6.10 Å². The van der Waals surface area contributed by atoms with Crippen LogP contribution in [0, 0.1) is 0 Å². The van der Waals surface area contributed by atoms with E-state index >= 15 is 0 Å². The Balaban J connectivity index is 4.51. The predicted molar refractivity (Wildman–Crippen MR) is 255 cm³/mol. The maximum absolute atomic E-state index is 13.2. The molecular weight excluding hydrogens is 731 g/mol. The molecule has 6 nitrogen and oxygen atoms in total. The fourth-order valence-electron chi connectivity index (χ4n) is 7.56.